The summed E-state index contributed by atoms with van der Waals surface area (Å²) in [6.07, 6.45) is 10.5. The maximum Gasteiger partial charge on any atom is 0.309 e. The van der Waals surface area contributed by atoms with Crippen LogP contribution in [0, 0.1) is 56.7 Å². The fourth-order valence-electron chi connectivity index (χ4n) is 11.5. The summed E-state index contributed by atoms with van der Waals surface area (Å²) in [5, 5.41) is 21.4. The molecule has 3 heteroatoms. The molecule has 5 fully saturated rings. The molecule has 186 valence electrons. The van der Waals surface area contributed by atoms with E-state index in [2.05, 4.69) is 48.1 Å². The molecule has 0 aromatic carbocycles. The largest absolute Gasteiger partial charge is 0.481 e. The molecule has 5 saturated carbocycles. The first-order valence-electron chi connectivity index (χ1n) is 13.8. The maximum atomic E-state index is 12.8. The Bertz CT molecular complexity index is 861. The SMILES string of the molecule is C=C(C)[C@@H]1CC[C@]2(C(=O)O)CCC3(C)[C@H](CC[C@@H]4[C@@]5(C)CC[C@H](O)C(C)(C)[C@@H]5CC[C@]43C)[C@@H]12. The van der Waals surface area contributed by atoms with E-state index in [9.17, 15) is 15.0 Å². The Hall–Kier alpha value is -0.830. The van der Waals surface area contributed by atoms with Gasteiger partial charge in [0, 0.05) is 0 Å². The topological polar surface area (TPSA) is 57.5 Å². The van der Waals surface area contributed by atoms with Crippen molar-refractivity contribution in [3.05, 3.63) is 12.2 Å². The van der Waals surface area contributed by atoms with Gasteiger partial charge in [-0.3, -0.25) is 4.79 Å². The number of hydrogen-bond donors (Lipinski definition) is 2. The molecule has 1 unspecified atom stereocenters. The average Bonchev–Trinajstić information content (AvgIpc) is 3.13. The summed E-state index contributed by atoms with van der Waals surface area (Å²) in [7, 11) is 0. The highest BCUT2D eigenvalue weighted by Crippen LogP contribution is 2.77. The van der Waals surface area contributed by atoms with Crippen LogP contribution in [0.15, 0.2) is 12.2 Å². The summed E-state index contributed by atoms with van der Waals surface area (Å²) in [4.78, 5) is 12.8. The minimum absolute atomic E-state index is 0.0202. The molecule has 33 heavy (non-hydrogen) atoms. The second kappa shape index (κ2) is 7.11. The van der Waals surface area contributed by atoms with Crippen molar-refractivity contribution < 1.29 is 15.0 Å². The fraction of sp³-hybridized carbons (Fsp3) is 0.900. The van der Waals surface area contributed by atoms with Crippen molar-refractivity contribution in [1.82, 2.24) is 0 Å². The van der Waals surface area contributed by atoms with Crippen LogP contribution in [0.5, 0.6) is 0 Å². The van der Waals surface area contributed by atoms with E-state index in [4.69, 9.17) is 0 Å². The Labute approximate surface area is 201 Å². The van der Waals surface area contributed by atoms with Gasteiger partial charge in [0.2, 0.25) is 0 Å². The van der Waals surface area contributed by atoms with Crippen LogP contribution in [0.25, 0.3) is 0 Å². The fourth-order valence-corrected chi connectivity index (χ4v) is 11.5. The first kappa shape index (κ1) is 23.9. The van der Waals surface area contributed by atoms with Crippen molar-refractivity contribution >= 4 is 5.97 Å². The minimum atomic E-state index is -0.538. The van der Waals surface area contributed by atoms with E-state index in [0.29, 0.717) is 23.7 Å². The predicted molar refractivity (Wildman–Crippen MR) is 133 cm³/mol. The summed E-state index contributed by atoms with van der Waals surface area (Å²) >= 11 is 0. The van der Waals surface area contributed by atoms with Crippen LogP contribution in [-0.2, 0) is 4.79 Å². The van der Waals surface area contributed by atoms with Crippen LogP contribution in [-0.4, -0.2) is 22.3 Å². The second-order valence-corrected chi connectivity index (χ2v) is 14.5. The number of carboxylic acid groups (broad SMARTS) is 1. The molecule has 0 bridgehead atoms. The molecule has 5 rings (SSSR count). The lowest BCUT2D eigenvalue weighted by Gasteiger charge is -2.72. The third-order valence-electron chi connectivity index (χ3n) is 13.5. The zero-order valence-electron chi connectivity index (χ0n) is 22.0. The molecule has 5 aliphatic rings. The highest BCUT2D eigenvalue weighted by Gasteiger charge is 2.71. The van der Waals surface area contributed by atoms with Gasteiger partial charge in [0.25, 0.3) is 0 Å². The number of carboxylic acids is 1. The Kier molecular flexibility index (Phi) is 5.15. The van der Waals surface area contributed by atoms with Crippen LogP contribution >= 0.6 is 0 Å². The van der Waals surface area contributed by atoms with Gasteiger partial charge >= 0.3 is 5.97 Å². The van der Waals surface area contributed by atoms with Gasteiger partial charge in [0.1, 0.15) is 0 Å². The van der Waals surface area contributed by atoms with Crippen molar-refractivity contribution in [2.75, 3.05) is 0 Å². The van der Waals surface area contributed by atoms with E-state index in [1.54, 1.807) is 0 Å². The molecule has 0 spiro atoms. The zero-order valence-corrected chi connectivity index (χ0v) is 22.0. The first-order valence-corrected chi connectivity index (χ1v) is 13.8. The smallest absolute Gasteiger partial charge is 0.309 e. The summed E-state index contributed by atoms with van der Waals surface area (Å²) in [6, 6.07) is 0. The standard InChI is InChI=1S/C30H48O3/c1-18(2)19-10-15-30(25(32)33)17-16-28(6)20(24(19)30)8-9-22-27(5)13-12-23(31)26(3,4)21(27)11-14-29(22,28)7/h19-24,31H,1,8-17H2,2-7H3,(H,32,33)/t19-,20+,21-,22+,23-,24+,27-,28?,29+,30-/m0/s1. The third-order valence-corrected chi connectivity index (χ3v) is 13.5. The summed E-state index contributed by atoms with van der Waals surface area (Å²) in [6.45, 7) is 18.8. The molecule has 0 radical (unpaired) electrons. The highest BCUT2D eigenvalue weighted by atomic mass is 16.4. The number of hydrogen-bond acceptors (Lipinski definition) is 2. The monoisotopic (exact) mass is 456 g/mol. The molecular weight excluding hydrogens is 408 g/mol. The molecule has 0 aliphatic heterocycles. The second-order valence-electron chi connectivity index (χ2n) is 14.5. The molecule has 0 amide bonds. The molecule has 5 aliphatic carbocycles. The van der Waals surface area contributed by atoms with Crippen LogP contribution in [0.2, 0.25) is 0 Å². The van der Waals surface area contributed by atoms with Crippen molar-refractivity contribution in [2.45, 2.75) is 112 Å². The number of fused-ring (bicyclic) bond motifs is 7. The normalized spacial score (nSPS) is 55.0. The zero-order chi connectivity index (χ0) is 24.2. The minimum Gasteiger partial charge on any atom is -0.481 e. The Morgan fingerprint density at radius 3 is 2.15 bits per heavy atom. The Morgan fingerprint density at radius 1 is 0.818 bits per heavy atom. The first-order chi connectivity index (χ1) is 15.3. The van der Waals surface area contributed by atoms with E-state index in [1.807, 2.05) is 0 Å². The highest BCUT2D eigenvalue weighted by molar-refractivity contribution is 5.76. The number of allylic oxidation sites excluding steroid dienone is 1. The van der Waals surface area contributed by atoms with Gasteiger partial charge in [-0.1, -0.05) is 46.8 Å². The molecule has 0 heterocycles. The number of carbonyl (C=O) groups is 1. The lowest BCUT2D eigenvalue weighted by atomic mass is 9.32. The molecule has 2 N–H and O–H groups in total. The molecule has 3 nitrogen and oxygen atoms in total. The van der Waals surface area contributed by atoms with Gasteiger partial charge in [0.15, 0.2) is 0 Å². The quantitative estimate of drug-likeness (QED) is 0.436. The van der Waals surface area contributed by atoms with Crippen LogP contribution < -0.4 is 0 Å². The number of aliphatic carboxylic acids is 1. The lowest BCUT2D eigenvalue weighted by Crippen LogP contribution is -2.67. The van der Waals surface area contributed by atoms with Crippen molar-refractivity contribution in [3.63, 3.8) is 0 Å². The number of rotatable bonds is 2. The molecular formula is C30H48O3. The van der Waals surface area contributed by atoms with Gasteiger partial charge in [-0.15, -0.1) is 0 Å². The van der Waals surface area contributed by atoms with Crippen LogP contribution in [0.3, 0.4) is 0 Å². The van der Waals surface area contributed by atoms with Gasteiger partial charge < -0.3 is 10.2 Å². The molecule has 10 atom stereocenters. The van der Waals surface area contributed by atoms with Gasteiger partial charge in [-0.25, -0.2) is 0 Å². The molecule has 0 saturated heterocycles. The third kappa shape index (κ3) is 2.75. The van der Waals surface area contributed by atoms with E-state index in [0.717, 1.165) is 38.5 Å². The van der Waals surface area contributed by atoms with Crippen molar-refractivity contribution in [2.24, 2.45) is 56.7 Å². The van der Waals surface area contributed by atoms with Gasteiger partial charge in [0.05, 0.1) is 11.5 Å². The summed E-state index contributed by atoms with van der Waals surface area (Å²) in [5.74, 6) is 1.79. The summed E-state index contributed by atoms with van der Waals surface area (Å²) < 4.78 is 0. The Morgan fingerprint density at radius 2 is 1.52 bits per heavy atom. The van der Waals surface area contributed by atoms with E-state index < -0.39 is 11.4 Å². The van der Waals surface area contributed by atoms with Crippen LogP contribution in [0.1, 0.15) is 106 Å². The Balaban J connectivity index is 1.57. The van der Waals surface area contributed by atoms with Crippen molar-refractivity contribution in [1.29, 1.82) is 0 Å². The van der Waals surface area contributed by atoms with Gasteiger partial charge in [-0.2, -0.15) is 0 Å². The van der Waals surface area contributed by atoms with Crippen molar-refractivity contribution in [3.8, 4) is 0 Å². The lowest BCUT2D eigenvalue weighted by molar-refractivity contribution is -0.248. The van der Waals surface area contributed by atoms with Gasteiger partial charge in [-0.05, 0) is 122 Å². The van der Waals surface area contributed by atoms with E-state index >= 15 is 0 Å². The number of aliphatic hydroxyl groups is 1. The molecule has 0 aromatic rings. The van der Waals surface area contributed by atoms with Crippen LogP contribution in [0.4, 0.5) is 0 Å². The predicted octanol–water partition coefficient (Wildman–Crippen LogP) is 7.09. The number of aliphatic hydroxyl groups excluding tert-OH is 1. The summed E-state index contributed by atoms with van der Waals surface area (Å²) in [5.41, 5.74) is 1.35. The average molecular weight is 457 g/mol. The maximum absolute atomic E-state index is 12.8. The molecule has 0 aromatic heterocycles. The van der Waals surface area contributed by atoms with E-state index in [1.165, 1.54) is 31.3 Å². The van der Waals surface area contributed by atoms with E-state index in [-0.39, 0.29) is 33.7 Å².